The Labute approximate surface area is 211 Å². The summed E-state index contributed by atoms with van der Waals surface area (Å²) in [5.41, 5.74) is 1.83. The zero-order valence-corrected chi connectivity index (χ0v) is 21.0. The topological polar surface area (TPSA) is 116 Å². The fraction of sp³-hybridized carbons (Fsp3) is 0.500. The first-order valence-corrected chi connectivity index (χ1v) is 12.7. The summed E-state index contributed by atoms with van der Waals surface area (Å²) in [7, 11) is 0.0722. The summed E-state index contributed by atoms with van der Waals surface area (Å²) in [5, 5.41) is 7.12. The van der Waals surface area contributed by atoms with E-state index in [1.807, 2.05) is 19.0 Å². The summed E-state index contributed by atoms with van der Waals surface area (Å²) < 4.78 is 78.3. The Balaban J connectivity index is 0.000000479. The van der Waals surface area contributed by atoms with Crippen LogP contribution in [0, 0.1) is 5.82 Å². The molecule has 3 heterocycles. The van der Waals surface area contributed by atoms with Crippen molar-refractivity contribution < 1.29 is 40.6 Å². The van der Waals surface area contributed by atoms with Gasteiger partial charge in [-0.3, -0.25) is 0 Å². The number of nitrogens with zero attached hydrogens (tertiary/aromatic N) is 5. The van der Waals surface area contributed by atoms with E-state index >= 15 is 0 Å². The zero-order valence-electron chi connectivity index (χ0n) is 20.2. The van der Waals surface area contributed by atoms with E-state index < -0.39 is 28.0 Å². The standard InChI is InChI=1S/C20H26FN5O3S.C2HF3O2/c1-24(2)19-17-6-8-26(30(27,28)16-5-3-4-15(21)14-16)9-7-18(17)22-20(23-19)25-10-12-29-13-11-25;3-2(4,5)1(6)7/h3-5,14H,6-13H2,1-2H3;(H,6,7). The van der Waals surface area contributed by atoms with Crippen molar-refractivity contribution in [1.29, 1.82) is 0 Å². The fourth-order valence-electron chi connectivity index (χ4n) is 3.84. The molecule has 1 saturated heterocycles. The lowest BCUT2D eigenvalue weighted by molar-refractivity contribution is -0.192. The first-order valence-electron chi connectivity index (χ1n) is 11.3. The van der Waals surface area contributed by atoms with E-state index in [0.29, 0.717) is 38.5 Å². The number of morpholine rings is 1. The first kappa shape index (κ1) is 28.5. The summed E-state index contributed by atoms with van der Waals surface area (Å²) in [4.78, 5) is 22.5. The van der Waals surface area contributed by atoms with Gasteiger partial charge in [-0.05, 0) is 24.6 Å². The minimum Gasteiger partial charge on any atom is -0.475 e. The van der Waals surface area contributed by atoms with Gasteiger partial charge in [-0.25, -0.2) is 22.6 Å². The smallest absolute Gasteiger partial charge is 0.475 e. The number of rotatable bonds is 4. The van der Waals surface area contributed by atoms with Crippen LogP contribution < -0.4 is 9.80 Å². The maximum Gasteiger partial charge on any atom is 0.490 e. The number of anilines is 2. The largest absolute Gasteiger partial charge is 0.490 e. The molecule has 0 atom stereocenters. The van der Waals surface area contributed by atoms with Crippen molar-refractivity contribution in [3.63, 3.8) is 0 Å². The number of halogens is 4. The molecule has 15 heteroatoms. The molecule has 0 aliphatic carbocycles. The van der Waals surface area contributed by atoms with Crippen molar-refractivity contribution in [3.8, 4) is 0 Å². The van der Waals surface area contributed by atoms with E-state index in [1.54, 1.807) is 0 Å². The second-order valence-corrected chi connectivity index (χ2v) is 10.4. The summed E-state index contributed by atoms with van der Waals surface area (Å²) in [5.74, 6) is -1.86. The molecule has 10 nitrogen and oxygen atoms in total. The molecular formula is C22H27F4N5O5S. The lowest BCUT2D eigenvalue weighted by Crippen LogP contribution is -2.38. The number of sulfonamides is 1. The van der Waals surface area contributed by atoms with Crippen molar-refractivity contribution in [1.82, 2.24) is 14.3 Å². The van der Waals surface area contributed by atoms with Crippen LogP contribution in [0.3, 0.4) is 0 Å². The quantitative estimate of drug-likeness (QED) is 0.572. The van der Waals surface area contributed by atoms with Crippen LogP contribution in [0.2, 0.25) is 0 Å². The predicted octanol–water partition coefficient (Wildman–Crippen LogP) is 1.94. The van der Waals surface area contributed by atoms with Crippen LogP contribution in [-0.4, -0.2) is 93.4 Å². The van der Waals surface area contributed by atoms with Crippen LogP contribution in [0.15, 0.2) is 29.2 Å². The van der Waals surface area contributed by atoms with E-state index in [2.05, 4.69) is 4.90 Å². The molecule has 1 aromatic heterocycles. The molecule has 1 aromatic carbocycles. The van der Waals surface area contributed by atoms with E-state index in [4.69, 9.17) is 24.6 Å². The molecule has 2 aromatic rings. The van der Waals surface area contributed by atoms with Gasteiger partial charge in [0, 0.05) is 52.3 Å². The second kappa shape index (κ2) is 11.6. The number of benzene rings is 1. The van der Waals surface area contributed by atoms with Gasteiger partial charge in [0.1, 0.15) is 11.6 Å². The van der Waals surface area contributed by atoms with Crippen molar-refractivity contribution in [2.75, 3.05) is 63.3 Å². The summed E-state index contributed by atoms with van der Waals surface area (Å²) >= 11 is 0. The van der Waals surface area contributed by atoms with Crippen molar-refractivity contribution in [2.45, 2.75) is 23.9 Å². The molecule has 1 N–H and O–H groups in total. The highest BCUT2D eigenvalue weighted by Crippen LogP contribution is 2.28. The Bertz CT molecular complexity index is 1220. The summed E-state index contributed by atoms with van der Waals surface area (Å²) in [6.45, 7) is 3.32. The average molecular weight is 550 g/mol. The highest BCUT2D eigenvalue weighted by molar-refractivity contribution is 7.89. The van der Waals surface area contributed by atoms with Crippen molar-refractivity contribution >= 4 is 27.8 Å². The van der Waals surface area contributed by atoms with E-state index in [-0.39, 0.29) is 11.4 Å². The molecule has 0 unspecified atom stereocenters. The van der Waals surface area contributed by atoms with Gasteiger partial charge in [-0.15, -0.1) is 0 Å². The maximum atomic E-state index is 13.6. The van der Waals surface area contributed by atoms with Crippen molar-refractivity contribution in [2.24, 2.45) is 0 Å². The Hall–Kier alpha value is -3.04. The average Bonchev–Trinajstić information content (AvgIpc) is 3.07. The molecule has 0 amide bonds. The number of carboxylic acids is 1. The normalized spacial score (nSPS) is 16.8. The third-order valence-corrected chi connectivity index (χ3v) is 7.56. The van der Waals surface area contributed by atoms with E-state index in [9.17, 15) is 26.0 Å². The Morgan fingerprint density at radius 1 is 1.08 bits per heavy atom. The first-order chi connectivity index (χ1) is 17.3. The van der Waals surface area contributed by atoms with Gasteiger partial charge in [-0.2, -0.15) is 22.5 Å². The molecule has 0 saturated carbocycles. The van der Waals surface area contributed by atoms with E-state index in [0.717, 1.165) is 36.2 Å². The Morgan fingerprint density at radius 3 is 2.27 bits per heavy atom. The number of carboxylic acid groups (broad SMARTS) is 1. The van der Waals surface area contributed by atoms with Gasteiger partial charge < -0.3 is 19.6 Å². The molecule has 204 valence electrons. The van der Waals surface area contributed by atoms with Crippen LogP contribution in [0.1, 0.15) is 11.3 Å². The van der Waals surface area contributed by atoms with Crippen LogP contribution in [-0.2, 0) is 32.4 Å². The number of ether oxygens (including phenoxy) is 1. The van der Waals surface area contributed by atoms with Crippen LogP contribution in [0.4, 0.5) is 29.3 Å². The van der Waals surface area contributed by atoms with Gasteiger partial charge >= 0.3 is 12.1 Å². The maximum absolute atomic E-state index is 13.6. The van der Waals surface area contributed by atoms with Gasteiger partial charge in [0.2, 0.25) is 16.0 Å². The van der Waals surface area contributed by atoms with Gasteiger partial charge in [0.25, 0.3) is 0 Å². The van der Waals surface area contributed by atoms with Crippen LogP contribution in [0.25, 0.3) is 0 Å². The highest BCUT2D eigenvalue weighted by atomic mass is 32.2. The van der Waals surface area contributed by atoms with Gasteiger partial charge in [-0.1, -0.05) is 6.07 Å². The monoisotopic (exact) mass is 549 g/mol. The number of hydrogen-bond donors (Lipinski definition) is 1. The number of hydrogen-bond acceptors (Lipinski definition) is 8. The molecule has 1 fully saturated rings. The molecule has 0 bridgehead atoms. The van der Waals surface area contributed by atoms with Gasteiger partial charge in [0.15, 0.2) is 0 Å². The third-order valence-electron chi connectivity index (χ3n) is 5.66. The van der Waals surface area contributed by atoms with Crippen LogP contribution in [0.5, 0.6) is 0 Å². The Kier molecular flexibility index (Phi) is 8.92. The van der Waals surface area contributed by atoms with E-state index in [1.165, 1.54) is 22.5 Å². The number of aromatic nitrogens is 2. The molecule has 0 spiro atoms. The van der Waals surface area contributed by atoms with Crippen LogP contribution >= 0.6 is 0 Å². The SMILES string of the molecule is CN(C)c1nc(N2CCOCC2)nc2c1CCN(S(=O)(=O)c1cccc(F)c1)CC2.O=C(O)C(F)(F)F. The number of fused-ring (bicyclic) bond motifs is 1. The molecule has 2 aliphatic heterocycles. The van der Waals surface area contributed by atoms with Crippen molar-refractivity contribution in [3.05, 3.63) is 41.3 Å². The lowest BCUT2D eigenvalue weighted by atomic mass is 10.1. The molecule has 0 radical (unpaired) electrons. The molecule has 4 rings (SSSR count). The number of alkyl halides is 3. The zero-order chi connectivity index (χ0) is 27.4. The molecule has 37 heavy (non-hydrogen) atoms. The third kappa shape index (κ3) is 7.05. The second-order valence-electron chi connectivity index (χ2n) is 8.43. The predicted molar refractivity (Wildman–Crippen MR) is 126 cm³/mol. The molecule has 2 aliphatic rings. The lowest BCUT2D eigenvalue weighted by Gasteiger charge is -2.28. The molecular weight excluding hydrogens is 522 g/mol. The Morgan fingerprint density at radius 2 is 1.70 bits per heavy atom. The van der Waals surface area contributed by atoms with Gasteiger partial charge in [0.05, 0.1) is 23.8 Å². The highest BCUT2D eigenvalue weighted by Gasteiger charge is 2.38. The summed E-state index contributed by atoms with van der Waals surface area (Å²) in [6, 6.07) is 5.15. The summed E-state index contributed by atoms with van der Waals surface area (Å²) in [6.07, 6.45) is -4.11. The minimum atomic E-state index is -5.08. The minimum absolute atomic E-state index is 0.0265. The number of aliphatic carboxylic acids is 1. The number of carbonyl (C=O) groups is 1. The fourth-order valence-corrected chi connectivity index (χ4v) is 5.31.